The van der Waals surface area contributed by atoms with Gasteiger partial charge in [-0.25, -0.2) is 12.7 Å². The van der Waals surface area contributed by atoms with Gasteiger partial charge in [0.15, 0.2) is 0 Å². The Morgan fingerprint density at radius 3 is 2.33 bits per heavy atom. The van der Waals surface area contributed by atoms with Crippen molar-refractivity contribution in [2.75, 3.05) is 18.8 Å². The Morgan fingerprint density at radius 2 is 1.75 bits per heavy atom. The number of hydrogen-bond acceptors (Lipinski definition) is 4. The predicted octanol–water partition coefficient (Wildman–Crippen LogP) is 1.23. The normalized spacial score (nSPS) is 32.0. The van der Waals surface area contributed by atoms with Crippen molar-refractivity contribution in [2.24, 2.45) is 5.92 Å². The molecule has 1 amide bonds. The van der Waals surface area contributed by atoms with Crippen LogP contribution < -0.4 is 10.6 Å². The van der Waals surface area contributed by atoms with Gasteiger partial charge < -0.3 is 10.6 Å². The van der Waals surface area contributed by atoms with Gasteiger partial charge in [0.1, 0.15) is 0 Å². The van der Waals surface area contributed by atoms with Crippen LogP contribution in [-0.4, -0.2) is 55.6 Å². The van der Waals surface area contributed by atoms with Crippen LogP contribution in [-0.2, 0) is 14.8 Å². The van der Waals surface area contributed by atoms with Crippen LogP contribution in [0.2, 0.25) is 0 Å². The molecule has 3 heterocycles. The maximum absolute atomic E-state index is 12.3. The third-order valence-corrected chi connectivity index (χ3v) is 7.80. The summed E-state index contributed by atoms with van der Waals surface area (Å²) in [6, 6.07) is 1.37. The van der Waals surface area contributed by atoms with Gasteiger partial charge in [-0.2, -0.15) is 0 Å². The molecule has 6 nitrogen and oxygen atoms in total. The summed E-state index contributed by atoms with van der Waals surface area (Å²) in [7, 11) is -3.10. The van der Waals surface area contributed by atoms with E-state index in [9.17, 15) is 13.2 Å². The fraction of sp³-hybridized carbons (Fsp3) is 0.941. The van der Waals surface area contributed by atoms with E-state index in [1.807, 2.05) is 6.92 Å². The van der Waals surface area contributed by atoms with Crippen LogP contribution in [0.15, 0.2) is 0 Å². The Kier molecular flexibility index (Phi) is 5.82. The largest absolute Gasteiger partial charge is 0.353 e. The minimum atomic E-state index is -3.10. The number of carbonyl (C=O) groups excluding carboxylic acids is 1. The maximum Gasteiger partial charge on any atom is 0.220 e. The molecule has 2 N–H and O–H groups in total. The standard InChI is InChI=1S/C17H31N3O3S/c1-2-9-24(22,23)20-7-5-14(6-8-20)19-17(21)12-13-10-15-3-4-16(11-13)18-15/h13-16,18H,2-12H2,1H3,(H,19,21). The molecule has 24 heavy (non-hydrogen) atoms. The maximum atomic E-state index is 12.3. The number of nitrogens with one attached hydrogen (secondary N) is 2. The summed E-state index contributed by atoms with van der Waals surface area (Å²) in [5.41, 5.74) is 0. The number of carbonyl (C=O) groups is 1. The highest BCUT2D eigenvalue weighted by atomic mass is 32.2. The van der Waals surface area contributed by atoms with Gasteiger partial charge in [-0.3, -0.25) is 4.79 Å². The van der Waals surface area contributed by atoms with E-state index >= 15 is 0 Å². The Bertz CT molecular complexity index is 531. The topological polar surface area (TPSA) is 78.5 Å². The average Bonchev–Trinajstić information content (AvgIpc) is 2.86. The summed E-state index contributed by atoms with van der Waals surface area (Å²) in [6.45, 7) is 2.95. The molecule has 0 aliphatic carbocycles. The molecule has 0 saturated carbocycles. The molecule has 0 aromatic rings. The first kappa shape index (κ1) is 18.1. The zero-order valence-electron chi connectivity index (χ0n) is 14.7. The number of rotatable bonds is 6. The molecule has 0 radical (unpaired) electrons. The van der Waals surface area contributed by atoms with E-state index in [-0.39, 0.29) is 17.7 Å². The summed E-state index contributed by atoms with van der Waals surface area (Å²) < 4.78 is 25.7. The highest BCUT2D eigenvalue weighted by Gasteiger charge is 2.34. The van der Waals surface area contributed by atoms with Gasteiger partial charge in [-0.1, -0.05) is 6.92 Å². The molecule has 3 aliphatic rings. The molecular weight excluding hydrogens is 326 g/mol. The molecule has 7 heteroatoms. The zero-order valence-corrected chi connectivity index (χ0v) is 15.5. The molecule has 3 rings (SSSR count). The molecule has 0 spiro atoms. The van der Waals surface area contributed by atoms with Crippen LogP contribution in [0.5, 0.6) is 0 Å². The molecular formula is C17H31N3O3S. The monoisotopic (exact) mass is 357 g/mol. The third-order valence-electron chi connectivity index (χ3n) is 5.72. The van der Waals surface area contributed by atoms with E-state index in [1.165, 1.54) is 12.8 Å². The molecule has 3 aliphatic heterocycles. The summed E-state index contributed by atoms with van der Waals surface area (Å²) in [5.74, 6) is 0.882. The summed E-state index contributed by atoms with van der Waals surface area (Å²) in [5, 5.41) is 6.75. The smallest absolute Gasteiger partial charge is 0.220 e. The van der Waals surface area contributed by atoms with Crippen molar-refractivity contribution < 1.29 is 13.2 Å². The lowest BCUT2D eigenvalue weighted by Gasteiger charge is -2.32. The predicted molar refractivity (Wildman–Crippen MR) is 94.1 cm³/mol. The lowest BCUT2D eigenvalue weighted by atomic mass is 9.89. The highest BCUT2D eigenvalue weighted by Crippen LogP contribution is 2.32. The lowest BCUT2D eigenvalue weighted by Crippen LogP contribution is -2.47. The first-order valence-electron chi connectivity index (χ1n) is 9.49. The molecule has 2 unspecified atom stereocenters. The second-order valence-electron chi connectivity index (χ2n) is 7.74. The Hall–Kier alpha value is -0.660. The van der Waals surface area contributed by atoms with Crippen molar-refractivity contribution in [2.45, 2.75) is 76.4 Å². The molecule has 0 aromatic heterocycles. The van der Waals surface area contributed by atoms with Crippen molar-refractivity contribution in [3.63, 3.8) is 0 Å². The van der Waals surface area contributed by atoms with Gasteiger partial charge in [0, 0.05) is 37.6 Å². The summed E-state index contributed by atoms with van der Waals surface area (Å²) in [6.07, 6.45) is 7.49. The van der Waals surface area contributed by atoms with Crippen LogP contribution in [0.3, 0.4) is 0 Å². The average molecular weight is 358 g/mol. The number of hydrogen-bond donors (Lipinski definition) is 2. The Morgan fingerprint density at radius 1 is 1.12 bits per heavy atom. The van der Waals surface area contributed by atoms with Gasteiger partial charge in [0.2, 0.25) is 15.9 Å². The van der Waals surface area contributed by atoms with E-state index in [0.717, 1.165) is 25.7 Å². The van der Waals surface area contributed by atoms with Crippen molar-refractivity contribution >= 4 is 15.9 Å². The van der Waals surface area contributed by atoms with E-state index in [0.29, 0.717) is 43.9 Å². The van der Waals surface area contributed by atoms with Crippen molar-refractivity contribution in [3.05, 3.63) is 0 Å². The lowest BCUT2D eigenvalue weighted by molar-refractivity contribution is -0.123. The number of sulfonamides is 1. The molecule has 2 atom stereocenters. The van der Waals surface area contributed by atoms with Crippen LogP contribution in [0.1, 0.15) is 58.3 Å². The van der Waals surface area contributed by atoms with E-state index < -0.39 is 10.0 Å². The second-order valence-corrected chi connectivity index (χ2v) is 9.82. The van der Waals surface area contributed by atoms with Crippen molar-refractivity contribution in [3.8, 4) is 0 Å². The zero-order chi connectivity index (χ0) is 17.2. The number of amides is 1. The van der Waals surface area contributed by atoms with Crippen LogP contribution in [0.4, 0.5) is 0 Å². The minimum Gasteiger partial charge on any atom is -0.353 e. The van der Waals surface area contributed by atoms with Crippen molar-refractivity contribution in [1.29, 1.82) is 0 Å². The highest BCUT2D eigenvalue weighted by molar-refractivity contribution is 7.89. The van der Waals surface area contributed by atoms with Gasteiger partial charge in [-0.15, -0.1) is 0 Å². The Balaban J connectivity index is 1.40. The second kappa shape index (κ2) is 7.70. The van der Waals surface area contributed by atoms with E-state index in [2.05, 4.69) is 10.6 Å². The molecule has 0 aromatic carbocycles. The van der Waals surface area contributed by atoms with E-state index in [1.54, 1.807) is 4.31 Å². The molecule has 138 valence electrons. The van der Waals surface area contributed by atoms with Gasteiger partial charge in [0.25, 0.3) is 0 Å². The first-order chi connectivity index (χ1) is 11.5. The minimum absolute atomic E-state index is 0.129. The number of piperidine rings is 2. The quantitative estimate of drug-likeness (QED) is 0.749. The number of fused-ring (bicyclic) bond motifs is 2. The van der Waals surface area contributed by atoms with Crippen LogP contribution in [0.25, 0.3) is 0 Å². The van der Waals surface area contributed by atoms with Crippen molar-refractivity contribution in [1.82, 2.24) is 14.9 Å². The summed E-state index contributed by atoms with van der Waals surface area (Å²) >= 11 is 0. The third kappa shape index (κ3) is 4.49. The fourth-order valence-electron chi connectivity index (χ4n) is 4.56. The molecule has 2 bridgehead atoms. The SMILES string of the molecule is CCCS(=O)(=O)N1CCC(NC(=O)CC2CC3CCC(C2)N3)CC1. The number of nitrogens with zero attached hydrogens (tertiary/aromatic N) is 1. The van der Waals surface area contributed by atoms with Gasteiger partial charge in [0.05, 0.1) is 5.75 Å². The Labute approximate surface area is 145 Å². The first-order valence-corrected chi connectivity index (χ1v) is 11.1. The molecule has 3 saturated heterocycles. The van der Waals surface area contributed by atoms with Gasteiger partial charge in [-0.05, 0) is 50.9 Å². The fourth-order valence-corrected chi connectivity index (χ4v) is 6.10. The molecule has 3 fully saturated rings. The summed E-state index contributed by atoms with van der Waals surface area (Å²) in [4.78, 5) is 12.3. The van der Waals surface area contributed by atoms with E-state index in [4.69, 9.17) is 0 Å². The van der Waals surface area contributed by atoms with Crippen LogP contribution in [0, 0.1) is 5.92 Å². The van der Waals surface area contributed by atoms with Crippen LogP contribution >= 0.6 is 0 Å². The van der Waals surface area contributed by atoms with Gasteiger partial charge >= 0.3 is 0 Å².